The fourth-order valence-electron chi connectivity index (χ4n) is 1.31. The minimum Gasteiger partial charge on any atom is -0.320 e. The number of carbonyl (C=O) groups is 1. The fraction of sp³-hybridized carbons (Fsp3) is 0.750. The second-order valence-electron chi connectivity index (χ2n) is 3.15. The van der Waals surface area contributed by atoms with E-state index < -0.39 is 0 Å². The zero-order chi connectivity index (χ0) is 9.14. The van der Waals surface area contributed by atoms with Crippen molar-refractivity contribution < 1.29 is 4.79 Å². The van der Waals surface area contributed by atoms with Crippen molar-refractivity contribution in [1.29, 1.82) is 5.26 Å². The molecular weight excluding hydrogens is 154 g/mol. The molecule has 4 nitrogen and oxygen atoms in total. The van der Waals surface area contributed by atoms with Gasteiger partial charge < -0.3 is 9.80 Å². The second kappa shape index (κ2) is 3.44. The van der Waals surface area contributed by atoms with Gasteiger partial charge in [-0.3, -0.25) is 0 Å². The van der Waals surface area contributed by atoms with Crippen LogP contribution >= 0.6 is 0 Å². The SMILES string of the molecule is CC(C)N1CCN(CC#N)C1=O. The molecule has 1 aliphatic rings. The third-order valence-corrected chi connectivity index (χ3v) is 2.01. The Morgan fingerprint density at radius 2 is 2.25 bits per heavy atom. The predicted molar refractivity (Wildman–Crippen MR) is 44.4 cm³/mol. The van der Waals surface area contributed by atoms with Crippen molar-refractivity contribution >= 4 is 6.03 Å². The van der Waals surface area contributed by atoms with Crippen LogP contribution in [0.25, 0.3) is 0 Å². The maximum absolute atomic E-state index is 11.4. The topological polar surface area (TPSA) is 47.3 Å². The Morgan fingerprint density at radius 1 is 1.58 bits per heavy atom. The Morgan fingerprint density at radius 3 is 2.67 bits per heavy atom. The Kier molecular flexibility index (Phi) is 2.54. The van der Waals surface area contributed by atoms with E-state index in [4.69, 9.17) is 5.26 Å². The number of urea groups is 1. The lowest BCUT2D eigenvalue weighted by Gasteiger charge is -2.20. The first-order valence-corrected chi connectivity index (χ1v) is 4.09. The van der Waals surface area contributed by atoms with E-state index in [1.165, 1.54) is 0 Å². The summed E-state index contributed by atoms with van der Waals surface area (Å²) in [4.78, 5) is 14.8. The molecule has 1 aliphatic heterocycles. The van der Waals surface area contributed by atoms with Crippen LogP contribution in [-0.4, -0.2) is 41.5 Å². The summed E-state index contributed by atoms with van der Waals surface area (Å²) in [5.41, 5.74) is 0. The van der Waals surface area contributed by atoms with E-state index in [-0.39, 0.29) is 18.6 Å². The van der Waals surface area contributed by atoms with Crippen LogP contribution in [0.3, 0.4) is 0 Å². The van der Waals surface area contributed by atoms with Gasteiger partial charge in [0.1, 0.15) is 6.54 Å². The number of rotatable bonds is 2. The first kappa shape index (κ1) is 8.85. The van der Waals surface area contributed by atoms with E-state index >= 15 is 0 Å². The van der Waals surface area contributed by atoms with Crippen molar-refractivity contribution in [2.75, 3.05) is 19.6 Å². The van der Waals surface area contributed by atoms with Crippen LogP contribution in [-0.2, 0) is 0 Å². The van der Waals surface area contributed by atoms with Gasteiger partial charge in [-0.05, 0) is 13.8 Å². The summed E-state index contributed by atoms with van der Waals surface area (Å²) in [6.07, 6.45) is 0. The Bertz CT molecular complexity index is 219. The molecule has 4 heteroatoms. The number of hydrogen-bond donors (Lipinski definition) is 0. The molecule has 0 aliphatic carbocycles. The highest BCUT2D eigenvalue weighted by Crippen LogP contribution is 2.10. The highest BCUT2D eigenvalue weighted by molar-refractivity contribution is 5.77. The van der Waals surface area contributed by atoms with Crippen molar-refractivity contribution in [3.63, 3.8) is 0 Å². The lowest BCUT2D eigenvalue weighted by atomic mass is 10.3. The highest BCUT2D eigenvalue weighted by atomic mass is 16.2. The van der Waals surface area contributed by atoms with E-state index in [2.05, 4.69) is 0 Å². The van der Waals surface area contributed by atoms with E-state index in [0.717, 1.165) is 6.54 Å². The summed E-state index contributed by atoms with van der Waals surface area (Å²) in [7, 11) is 0. The normalized spacial score (nSPS) is 17.3. The lowest BCUT2D eigenvalue weighted by Crippen LogP contribution is -2.36. The van der Waals surface area contributed by atoms with Gasteiger partial charge in [0.05, 0.1) is 6.07 Å². The average Bonchev–Trinajstić information content (AvgIpc) is 2.34. The quantitative estimate of drug-likeness (QED) is 0.567. The molecule has 0 saturated carbocycles. The molecule has 0 bridgehead atoms. The molecule has 0 aromatic heterocycles. The van der Waals surface area contributed by atoms with Crippen LogP contribution in [0, 0.1) is 11.3 Å². The smallest absolute Gasteiger partial charge is 0.320 e. The van der Waals surface area contributed by atoms with E-state index in [0.29, 0.717) is 6.54 Å². The molecule has 0 aromatic rings. The standard InChI is InChI=1S/C8H13N3O/c1-7(2)11-6-5-10(4-3-9)8(11)12/h7H,4-6H2,1-2H3. The first-order valence-electron chi connectivity index (χ1n) is 4.09. The van der Waals surface area contributed by atoms with E-state index in [1.807, 2.05) is 19.9 Å². The van der Waals surface area contributed by atoms with E-state index in [9.17, 15) is 4.79 Å². The molecule has 1 heterocycles. The molecule has 0 atom stereocenters. The monoisotopic (exact) mass is 167 g/mol. The van der Waals surface area contributed by atoms with Gasteiger partial charge >= 0.3 is 6.03 Å². The summed E-state index contributed by atoms with van der Waals surface area (Å²) >= 11 is 0. The number of amides is 2. The molecule has 1 rings (SSSR count). The maximum Gasteiger partial charge on any atom is 0.321 e. The van der Waals surface area contributed by atoms with Gasteiger partial charge in [0.25, 0.3) is 0 Å². The second-order valence-corrected chi connectivity index (χ2v) is 3.15. The number of nitriles is 1. The lowest BCUT2D eigenvalue weighted by molar-refractivity contribution is 0.186. The molecule has 1 fully saturated rings. The molecule has 66 valence electrons. The first-order chi connectivity index (χ1) is 5.66. The van der Waals surface area contributed by atoms with E-state index in [1.54, 1.807) is 9.80 Å². The zero-order valence-electron chi connectivity index (χ0n) is 7.45. The average molecular weight is 167 g/mol. The van der Waals surface area contributed by atoms with Crippen molar-refractivity contribution in [3.8, 4) is 6.07 Å². The Balaban J connectivity index is 2.56. The summed E-state index contributed by atoms with van der Waals surface area (Å²) in [5.74, 6) is 0. The molecule has 0 N–H and O–H groups in total. The van der Waals surface area contributed by atoms with Crippen LogP contribution < -0.4 is 0 Å². The van der Waals surface area contributed by atoms with Gasteiger partial charge in [0.2, 0.25) is 0 Å². The summed E-state index contributed by atoms with van der Waals surface area (Å²) in [6.45, 7) is 5.60. The van der Waals surface area contributed by atoms with Gasteiger partial charge in [-0.15, -0.1) is 0 Å². The molecule has 1 saturated heterocycles. The van der Waals surface area contributed by atoms with Crippen molar-refractivity contribution in [1.82, 2.24) is 9.80 Å². The largest absolute Gasteiger partial charge is 0.321 e. The third kappa shape index (κ3) is 1.50. The van der Waals surface area contributed by atoms with Crippen LogP contribution in [0.15, 0.2) is 0 Å². The van der Waals surface area contributed by atoms with Crippen molar-refractivity contribution in [3.05, 3.63) is 0 Å². The third-order valence-electron chi connectivity index (χ3n) is 2.01. The number of carbonyl (C=O) groups excluding carboxylic acids is 1. The minimum atomic E-state index is -0.00782. The van der Waals surface area contributed by atoms with Crippen LogP contribution in [0.4, 0.5) is 4.79 Å². The van der Waals surface area contributed by atoms with Gasteiger partial charge in [0.15, 0.2) is 0 Å². The Labute approximate surface area is 72.4 Å². The number of nitrogens with zero attached hydrogens (tertiary/aromatic N) is 3. The number of hydrogen-bond acceptors (Lipinski definition) is 2. The van der Waals surface area contributed by atoms with Gasteiger partial charge in [-0.25, -0.2) is 4.79 Å². The highest BCUT2D eigenvalue weighted by Gasteiger charge is 2.29. The van der Waals surface area contributed by atoms with Gasteiger partial charge in [-0.1, -0.05) is 0 Å². The van der Waals surface area contributed by atoms with Crippen LogP contribution in [0.5, 0.6) is 0 Å². The fourth-order valence-corrected chi connectivity index (χ4v) is 1.31. The molecular formula is C8H13N3O. The van der Waals surface area contributed by atoms with Crippen molar-refractivity contribution in [2.24, 2.45) is 0 Å². The molecule has 0 radical (unpaired) electrons. The molecule has 0 unspecified atom stereocenters. The maximum atomic E-state index is 11.4. The summed E-state index contributed by atoms with van der Waals surface area (Å²) in [6, 6.07) is 2.21. The summed E-state index contributed by atoms with van der Waals surface area (Å²) in [5, 5.41) is 8.41. The summed E-state index contributed by atoms with van der Waals surface area (Å²) < 4.78 is 0. The molecule has 12 heavy (non-hydrogen) atoms. The minimum absolute atomic E-state index is 0.00782. The Hall–Kier alpha value is -1.24. The molecule has 0 spiro atoms. The van der Waals surface area contributed by atoms with Gasteiger partial charge in [-0.2, -0.15) is 5.26 Å². The van der Waals surface area contributed by atoms with Crippen molar-refractivity contribution in [2.45, 2.75) is 19.9 Å². The van der Waals surface area contributed by atoms with Crippen LogP contribution in [0.2, 0.25) is 0 Å². The molecule has 0 aromatic carbocycles. The van der Waals surface area contributed by atoms with Crippen LogP contribution in [0.1, 0.15) is 13.8 Å². The predicted octanol–water partition coefficient (Wildman–Crippen LogP) is 0.656. The zero-order valence-corrected chi connectivity index (χ0v) is 7.45. The van der Waals surface area contributed by atoms with Gasteiger partial charge in [0, 0.05) is 19.1 Å². The molecule has 2 amide bonds.